The van der Waals surface area contributed by atoms with Gasteiger partial charge in [0.1, 0.15) is 5.75 Å². The summed E-state index contributed by atoms with van der Waals surface area (Å²) in [4.78, 5) is 12.8. The van der Waals surface area contributed by atoms with Crippen molar-refractivity contribution < 1.29 is 9.53 Å². The lowest BCUT2D eigenvalue weighted by Crippen LogP contribution is -2.28. The zero-order valence-corrected chi connectivity index (χ0v) is 14.0. The maximum Gasteiger partial charge on any atom is 0.235 e. The highest BCUT2D eigenvalue weighted by molar-refractivity contribution is 9.10. The van der Waals surface area contributed by atoms with Crippen LogP contribution in [0.3, 0.4) is 0 Å². The van der Waals surface area contributed by atoms with Gasteiger partial charge in [0.25, 0.3) is 0 Å². The Morgan fingerprint density at radius 2 is 1.86 bits per heavy atom. The zero-order valence-electron chi connectivity index (χ0n) is 12.4. The summed E-state index contributed by atoms with van der Waals surface area (Å²) in [6, 6.07) is 15.6. The van der Waals surface area contributed by atoms with Crippen LogP contribution < -0.4 is 10.1 Å². The van der Waals surface area contributed by atoms with Gasteiger partial charge in [-0.15, -0.1) is 0 Å². The Kier molecular flexibility index (Phi) is 4.21. The SMILES string of the molecule is CCOc1ccccc1NC(=O)C1(c2ccc(Br)cc2)CC1. The van der Waals surface area contributed by atoms with Crippen molar-refractivity contribution in [3.63, 3.8) is 0 Å². The molecule has 0 unspecified atom stereocenters. The number of amides is 1. The second kappa shape index (κ2) is 6.13. The van der Waals surface area contributed by atoms with Crippen molar-refractivity contribution in [2.24, 2.45) is 0 Å². The molecule has 22 heavy (non-hydrogen) atoms. The Bertz CT molecular complexity index is 678. The summed E-state index contributed by atoms with van der Waals surface area (Å²) in [5, 5.41) is 3.04. The van der Waals surface area contributed by atoms with Gasteiger partial charge in [0.05, 0.1) is 17.7 Å². The van der Waals surface area contributed by atoms with Crippen LogP contribution in [0.1, 0.15) is 25.3 Å². The number of hydrogen-bond acceptors (Lipinski definition) is 2. The van der Waals surface area contributed by atoms with E-state index < -0.39 is 0 Å². The van der Waals surface area contributed by atoms with Gasteiger partial charge in [-0.05, 0) is 49.6 Å². The molecule has 3 nitrogen and oxygen atoms in total. The van der Waals surface area contributed by atoms with E-state index in [9.17, 15) is 4.79 Å². The number of nitrogens with one attached hydrogen (secondary N) is 1. The Balaban J connectivity index is 1.81. The molecule has 1 aliphatic carbocycles. The van der Waals surface area contributed by atoms with Crippen molar-refractivity contribution in [1.82, 2.24) is 0 Å². The Morgan fingerprint density at radius 3 is 2.50 bits per heavy atom. The molecule has 0 radical (unpaired) electrons. The largest absolute Gasteiger partial charge is 0.492 e. The molecule has 0 atom stereocenters. The zero-order chi connectivity index (χ0) is 15.6. The van der Waals surface area contributed by atoms with Crippen LogP contribution in [0.4, 0.5) is 5.69 Å². The summed E-state index contributed by atoms with van der Waals surface area (Å²) < 4.78 is 6.59. The highest BCUT2D eigenvalue weighted by Crippen LogP contribution is 2.49. The van der Waals surface area contributed by atoms with Crippen molar-refractivity contribution in [2.75, 3.05) is 11.9 Å². The molecule has 1 N–H and O–H groups in total. The predicted molar refractivity (Wildman–Crippen MR) is 91.3 cm³/mol. The van der Waals surface area contributed by atoms with Crippen molar-refractivity contribution in [2.45, 2.75) is 25.2 Å². The smallest absolute Gasteiger partial charge is 0.235 e. The number of carbonyl (C=O) groups excluding carboxylic acids is 1. The number of halogens is 1. The standard InChI is InChI=1S/C18H18BrNO2/c1-2-22-16-6-4-3-5-15(16)20-17(21)18(11-12-18)13-7-9-14(19)10-8-13/h3-10H,2,11-12H2,1H3,(H,20,21). The molecule has 0 aliphatic heterocycles. The third kappa shape index (κ3) is 2.88. The molecule has 1 aliphatic rings. The van der Waals surface area contributed by atoms with Gasteiger partial charge in [-0.25, -0.2) is 0 Å². The van der Waals surface area contributed by atoms with Crippen LogP contribution >= 0.6 is 15.9 Å². The van der Waals surface area contributed by atoms with Crippen molar-refractivity contribution >= 4 is 27.5 Å². The maximum atomic E-state index is 12.8. The number of ether oxygens (including phenoxy) is 1. The van der Waals surface area contributed by atoms with Crippen molar-refractivity contribution in [3.8, 4) is 5.75 Å². The first-order valence-electron chi connectivity index (χ1n) is 7.45. The van der Waals surface area contributed by atoms with Gasteiger partial charge in [-0.3, -0.25) is 4.79 Å². The fraction of sp³-hybridized carbons (Fsp3) is 0.278. The van der Waals surface area contributed by atoms with Gasteiger partial charge >= 0.3 is 0 Å². The van der Waals surface area contributed by atoms with Crippen molar-refractivity contribution in [3.05, 3.63) is 58.6 Å². The molecule has 2 aromatic carbocycles. The lowest BCUT2D eigenvalue weighted by molar-refractivity contribution is -0.118. The van der Waals surface area contributed by atoms with Crippen LogP contribution in [0.5, 0.6) is 5.75 Å². The molecule has 0 saturated heterocycles. The molecule has 0 spiro atoms. The topological polar surface area (TPSA) is 38.3 Å². The van der Waals surface area contributed by atoms with Crippen LogP contribution in [0.15, 0.2) is 53.0 Å². The summed E-state index contributed by atoms with van der Waals surface area (Å²) in [7, 11) is 0. The van der Waals surface area contributed by atoms with E-state index in [2.05, 4.69) is 21.2 Å². The summed E-state index contributed by atoms with van der Waals surface area (Å²) >= 11 is 3.43. The summed E-state index contributed by atoms with van der Waals surface area (Å²) in [5.41, 5.74) is 1.42. The van der Waals surface area contributed by atoms with Crippen LogP contribution in [0.25, 0.3) is 0 Å². The number of hydrogen-bond donors (Lipinski definition) is 1. The van der Waals surface area contributed by atoms with E-state index in [1.54, 1.807) is 0 Å². The van der Waals surface area contributed by atoms with Gasteiger partial charge in [0, 0.05) is 4.47 Å². The highest BCUT2D eigenvalue weighted by atomic mass is 79.9. The lowest BCUT2D eigenvalue weighted by atomic mass is 9.95. The molecule has 2 aromatic rings. The second-order valence-electron chi connectivity index (χ2n) is 5.47. The Morgan fingerprint density at radius 1 is 1.18 bits per heavy atom. The van der Waals surface area contributed by atoms with E-state index in [0.29, 0.717) is 12.4 Å². The second-order valence-corrected chi connectivity index (χ2v) is 6.39. The molecule has 0 bridgehead atoms. The van der Waals surface area contributed by atoms with Gasteiger partial charge in [0.15, 0.2) is 0 Å². The highest BCUT2D eigenvalue weighted by Gasteiger charge is 2.51. The average molecular weight is 360 g/mol. The summed E-state index contributed by atoms with van der Waals surface area (Å²) in [6.45, 7) is 2.51. The molecule has 114 valence electrons. The first kappa shape index (κ1) is 15.1. The summed E-state index contributed by atoms with van der Waals surface area (Å²) in [6.07, 6.45) is 1.77. The quantitative estimate of drug-likeness (QED) is 0.852. The van der Waals surface area contributed by atoms with E-state index in [1.807, 2.05) is 55.5 Å². The van der Waals surface area contributed by atoms with Crippen LogP contribution in [-0.4, -0.2) is 12.5 Å². The number of anilines is 1. The average Bonchev–Trinajstić information content (AvgIpc) is 3.32. The van der Waals surface area contributed by atoms with E-state index >= 15 is 0 Å². The maximum absolute atomic E-state index is 12.8. The normalized spacial score (nSPS) is 15.2. The lowest BCUT2D eigenvalue weighted by Gasteiger charge is -2.17. The molecule has 1 amide bonds. The minimum Gasteiger partial charge on any atom is -0.492 e. The molecule has 1 saturated carbocycles. The van der Waals surface area contributed by atoms with Crippen molar-refractivity contribution in [1.29, 1.82) is 0 Å². The molecular formula is C18H18BrNO2. The van der Waals surface area contributed by atoms with Crippen LogP contribution in [0, 0.1) is 0 Å². The van der Waals surface area contributed by atoms with E-state index in [1.165, 1.54) is 0 Å². The van der Waals surface area contributed by atoms with Gasteiger partial charge in [0.2, 0.25) is 5.91 Å². The number of rotatable bonds is 5. The Hall–Kier alpha value is -1.81. The fourth-order valence-electron chi connectivity index (χ4n) is 2.63. The molecule has 1 fully saturated rings. The van der Waals surface area contributed by atoms with Gasteiger partial charge < -0.3 is 10.1 Å². The summed E-state index contributed by atoms with van der Waals surface area (Å²) in [5.74, 6) is 0.756. The minimum absolute atomic E-state index is 0.0435. The van der Waals surface area contributed by atoms with E-state index in [0.717, 1.165) is 28.6 Å². The fourth-order valence-corrected chi connectivity index (χ4v) is 2.90. The first-order valence-corrected chi connectivity index (χ1v) is 8.24. The van der Waals surface area contributed by atoms with Crippen LogP contribution in [-0.2, 0) is 10.2 Å². The third-order valence-corrected chi connectivity index (χ3v) is 4.55. The number of benzene rings is 2. The first-order chi connectivity index (χ1) is 10.7. The molecular weight excluding hydrogens is 342 g/mol. The molecule has 3 rings (SSSR count). The minimum atomic E-state index is -0.389. The van der Waals surface area contributed by atoms with E-state index in [-0.39, 0.29) is 11.3 Å². The monoisotopic (exact) mass is 359 g/mol. The Labute approximate surface area is 138 Å². The van der Waals surface area contributed by atoms with E-state index in [4.69, 9.17) is 4.74 Å². The number of para-hydroxylation sites is 2. The number of carbonyl (C=O) groups is 1. The molecule has 0 aromatic heterocycles. The third-order valence-electron chi connectivity index (χ3n) is 4.02. The molecule has 0 heterocycles. The van der Waals surface area contributed by atoms with Gasteiger partial charge in [-0.2, -0.15) is 0 Å². The molecule has 4 heteroatoms. The van der Waals surface area contributed by atoms with Gasteiger partial charge in [-0.1, -0.05) is 40.2 Å². The predicted octanol–water partition coefficient (Wildman–Crippen LogP) is 4.52. The van der Waals surface area contributed by atoms with Crippen LogP contribution in [0.2, 0.25) is 0 Å².